The zero-order chi connectivity index (χ0) is 17.7. The first-order valence-corrected chi connectivity index (χ1v) is 10.3. The molecule has 0 amide bonds. The smallest absolute Gasteiger partial charge is 0.310 e. The molecule has 5 atom stereocenters. The fraction of sp³-hybridized carbons (Fsp3) is 0.409. The van der Waals surface area contributed by atoms with E-state index in [9.17, 15) is 4.79 Å². The van der Waals surface area contributed by atoms with Crippen molar-refractivity contribution >= 4 is 23.4 Å². The third-order valence-corrected chi connectivity index (χ3v) is 7.37. The van der Waals surface area contributed by atoms with Gasteiger partial charge in [0.15, 0.2) is 0 Å². The van der Waals surface area contributed by atoms with Gasteiger partial charge in [-0.1, -0.05) is 42.0 Å². The Labute approximate surface area is 158 Å². The topological polar surface area (TPSA) is 29.5 Å². The van der Waals surface area contributed by atoms with Gasteiger partial charge >= 0.3 is 5.97 Å². The number of hydrogen-bond acceptors (Lipinski definition) is 4. The van der Waals surface area contributed by atoms with Crippen LogP contribution in [-0.4, -0.2) is 36.6 Å². The summed E-state index contributed by atoms with van der Waals surface area (Å²) in [6.45, 7) is 1.01. The zero-order valence-electron chi connectivity index (χ0n) is 14.9. The van der Waals surface area contributed by atoms with E-state index < -0.39 is 0 Å². The van der Waals surface area contributed by atoms with E-state index in [0.29, 0.717) is 18.0 Å². The summed E-state index contributed by atoms with van der Waals surface area (Å²) in [5.74, 6) is 0.343. The first kappa shape index (κ1) is 16.3. The molecular formula is C22H23NO2S. The van der Waals surface area contributed by atoms with E-state index in [1.165, 1.54) is 35.1 Å². The van der Waals surface area contributed by atoms with Gasteiger partial charge in [-0.15, -0.1) is 11.3 Å². The third-order valence-electron chi connectivity index (χ3n) is 6.45. The molecule has 4 saturated heterocycles. The number of esters is 1. The number of ether oxygens (including phenoxy) is 1. The largest absolute Gasteiger partial charge is 0.469 e. The second kappa shape index (κ2) is 6.36. The van der Waals surface area contributed by atoms with Crippen molar-refractivity contribution in [1.29, 1.82) is 0 Å². The van der Waals surface area contributed by atoms with Crippen LogP contribution in [0.5, 0.6) is 0 Å². The van der Waals surface area contributed by atoms with Crippen molar-refractivity contribution in [2.75, 3.05) is 13.7 Å². The molecular weight excluding hydrogens is 342 g/mol. The minimum Gasteiger partial charge on any atom is -0.469 e. The molecule has 4 fully saturated rings. The minimum absolute atomic E-state index is 0.0177. The van der Waals surface area contributed by atoms with Crippen LogP contribution in [0.1, 0.15) is 24.8 Å². The average Bonchev–Trinajstić information content (AvgIpc) is 3.30. The predicted octanol–water partition coefficient (Wildman–Crippen LogP) is 4.45. The number of hydrogen-bond donors (Lipinski definition) is 0. The van der Waals surface area contributed by atoms with E-state index in [1.807, 2.05) is 0 Å². The SMILES string of the molecule is COC(=O)[C@H]1[C@@H]2C[C@@H]3CC[C@H]1N3C/C2=C\c1ccc(-c2cccs2)cc1. The second-order valence-corrected chi connectivity index (χ2v) is 8.63. The van der Waals surface area contributed by atoms with Crippen LogP contribution in [0.3, 0.4) is 0 Å². The molecule has 2 aromatic rings. The molecule has 4 aliphatic heterocycles. The number of nitrogens with zero attached hydrogens (tertiary/aromatic N) is 1. The lowest BCUT2D eigenvalue weighted by Crippen LogP contribution is -2.58. The second-order valence-electron chi connectivity index (χ2n) is 7.68. The van der Waals surface area contributed by atoms with Gasteiger partial charge in [0, 0.05) is 23.5 Å². The summed E-state index contributed by atoms with van der Waals surface area (Å²) in [7, 11) is 1.53. The number of fused-ring (bicyclic) bond motifs is 1. The molecule has 1 aromatic heterocycles. The molecule has 0 aliphatic carbocycles. The van der Waals surface area contributed by atoms with Gasteiger partial charge in [0.05, 0.1) is 13.0 Å². The normalized spacial score (nSPS) is 33.6. The van der Waals surface area contributed by atoms with Gasteiger partial charge < -0.3 is 4.74 Å². The van der Waals surface area contributed by atoms with Crippen molar-refractivity contribution in [3.8, 4) is 10.4 Å². The van der Waals surface area contributed by atoms with Gasteiger partial charge in [-0.05, 0) is 47.8 Å². The van der Waals surface area contributed by atoms with Crippen molar-refractivity contribution in [3.63, 3.8) is 0 Å². The summed E-state index contributed by atoms with van der Waals surface area (Å²) in [6, 6.07) is 14.1. The number of methoxy groups -OCH3 is 1. The molecule has 3 nitrogen and oxygen atoms in total. The van der Waals surface area contributed by atoms with E-state index in [2.05, 4.69) is 52.8 Å². The Morgan fingerprint density at radius 3 is 2.81 bits per heavy atom. The van der Waals surface area contributed by atoms with Crippen molar-refractivity contribution in [1.82, 2.24) is 4.90 Å². The highest BCUT2D eigenvalue weighted by molar-refractivity contribution is 7.13. The molecule has 134 valence electrons. The first-order chi connectivity index (χ1) is 12.7. The highest BCUT2D eigenvalue weighted by Gasteiger charge is 2.55. The van der Waals surface area contributed by atoms with Crippen LogP contribution in [0.4, 0.5) is 0 Å². The van der Waals surface area contributed by atoms with E-state index in [4.69, 9.17) is 4.74 Å². The van der Waals surface area contributed by atoms with Gasteiger partial charge in [0.1, 0.15) is 0 Å². The molecule has 5 heterocycles. The molecule has 4 bridgehead atoms. The number of benzene rings is 1. The Morgan fingerprint density at radius 2 is 2.08 bits per heavy atom. The van der Waals surface area contributed by atoms with Crippen molar-refractivity contribution < 1.29 is 9.53 Å². The fourth-order valence-corrected chi connectivity index (χ4v) is 6.01. The maximum Gasteiger partial charge on any atom is 0.310 e. The standard InChI is InChI=1S/C22H23NO2S/c1-25-22(24)21-18-12-17-8-9-19(21)23(17)13-16(18)11-14-4-6-15(7-5-14)20-3-2-10-26-20/h2-7,10-11,17-19,21H,8-9,12-13H2,1H3/b16-11+/t17-,18+,19+,21-/m0/s1. The van der Waals surface area contributed by atoms with Gasteiger partial charge in [0.25, 0.3) is 0 Å². The maximum atomic E-state index is 12.4. The molecule has 4 aliphatic rings. The number of rotatable bonds is 3. The van der Waals surface area contributed by atoms with Crippen LogP contribution >= 0.6 is 11.3 Å². The molecule has 1 unspecified atom stereocenters. The number of carbonyl (C=O) groups is 1. The first-order valence-electron chi connectivity index (χ1n) is 9.42. The van der Waals surface area contributed by atoms with Gasteiger partial charge in [-0.2, -0.15) is 0 Å². The predicted molar refractivity (Wildman–Crippen MR) is 105 cm³/mol. The summed E-state index contributed by atoms with van der Waals surface area (Å²) in [4.78, 5) is 16.3. The van der Waals surface area contributed by atoms with Crippen LogP contribution in [0, 0.1) is 11.8 Å². The minimum atomic E-state index is -0.0241. The van der Waals surface area contributed by atoms with Gasteiger partial charge in [-0.25, -0.2) is 0 Å². The summed E-state index contributed by atoms with van der Waals surface area (Å²) in [5, 5.41) is 2.11. The van der Waals surface area contributed by atoms with E-state index in [0.717, 1.165) is 19.4 Å². The lowest BCUT2D eigenvalue weighted by Gasteiger charge is -2.50. The van der Waals surface area contributed by atoms with Crippen LogP contribution < -0.4 is 0 Å². The average molecular weight is 365 g/mol. The summed E-state index contributed by atoms with van der Waals surface area (Å²) in [5.41, 5.74) is 3.89. The summed E-state index contributed by atoms with van der Waals surface area (Å²) >= 11 is 1.77. The molecule has 26 heavy (non-hydrogen) atoms. The molecule has 1 aromatic carbocycles. The Balaban J connectivity index is 1.44. The van der Waals surface area contributed by atoms with E-state index in [-0.39, 0.29) is 11.9 Å². The van der Waals surface area contributed by atoms with Crippen LogP contribution in [0.2, 0.25) is 0 Å². The molecule has 4 heteroatoms. The quantitative estimate of drug-likeness (QED) is 0.753. The number of carbonyl (C=O) groups excluding carboxylic acids is 1. The molecule has 0 saturated carbocycles. The summed E-state index contributed by atoms with van der Waals surface area (Å²) in [6.07, 6.45) is 5.79. The Morgan fingerprint density at radius 1 is 1.23 bits per heavy atom. The molecule has 0 spiro atoms. The molecule has 6 rings (SSSR count). The number of piperidine rings is 3. The number of thiophene rings is 1. The van der Waals surface area contributed by atoms with Crippen molar-refractivity contribution in [3.05, 3.63) is 52.9 Å². The van der Waals surface area contributed by atoms with Crippen molar-refractivity contribution in [2.24, 2.45) is 11.8 Å². The zero-order valence-corrected chi connectivity index (χ0v) is 15.7. The van der Waals surface area contributed by atoms with Crippen LogP contribution in [0.15, 0.2) is 47.4 Å². The van der Waals surface area contributed by atoms with E-state index in [1.54, 1.807) is 11.3 Å². The van der Waals surface area contributed by atoms with Crippen LogP contribution in [-0.2, 0) is 9.53 Å². The Hall–Kier alpha value is -1.91. The van der Waals surface area contributed by atoms with E-state index >= 15 is 0 Å². The lowest BCUT2D eigenvalue weighted by molar-refractivity contribution is -0.153. The highest BCUT2D eigenvalue weighted by Crippen LogP contribution is 2.50. The Bertz CT molecular complexity index is 840. The van der Waals surface area contributed by atoms with Gasteiger partial charge in [0.2, 0.25) is 0 Å². The lowest BCUT2D eigenvalue weighted by atomic mass is 9.71. The van der Waals surface area contributed by atoms with Crippen LogP contribution in [0.25, 0.3) is 16.5 Å². The summed E-state index contributed by atoms with van der Waals surface area (Å²) < 4.78 is 5.16. The Kier molecular flexibility index (Phi) is 3.98. The monoisotopic (exact) mass is 365 g/mol. The van der Waals surface area contributed by atoms with Crippen molar-refractivity contribution in [2.45, 2.75) is 31.3 Å². The maximum absolute atomic E-state index is 12.4. The third kappa shape index (κ3) is 2.55. The molecule has 0 N–H and O–H groups in total. The molecule has 0 radical (unpaired) electrons. The fourth-order valence-electron chi connectivity index (χ4n) is 5.28. The highest BCUT2D eigenvalue weighted by atomic mass is 32.1. The van der Waals surface area contributed by atoms with Gasteiger partial charge in [-0.3, -0.25) is 9.69 Å².